The number of hydrogen-bond acceptors (Lipinski definition) is 11. The summed E-state index contributed by atoms with van der Waals surface area (Å²) < 4.78 is 26.2. The lowest BCUT2D eigenvalue weighted by atomic mass is 9.74. The number of carboxylic acid groups (broad SMARTS) is 3. The fraction of sp³-hybridized carbons (Fsp3) is 0.600. The number of hydrogen-bond donors (Lipinski definition) is 7. The van der Waals surface area contributed by atoms with E-state index >= 15 is 0 Å². The second kappa shape index (κ2) is 37.5. The molecule has 4 heterocycles. The largest absolute Gasteiger partial charge is 0.465 e. The van der Waals surface area contributed by atoms with Crippen LogP contribution in [0.2, 0.25) is 0 Å². The van der Waals surface area contributed by atoms with Gasteiger partial charge >= 0.3 is 18.3 Å². The standard InChI is InChI=1S/C30H46N6O9S.C21H27NO.C10H11F2N3O2.2C2H6/c1-22-8-10-23(11-9-22)5-4-7-25(37)31-12-3-2-6-24(27(39)46)32-26(38)21-33-13-15-34(28(40)41)17-19-36(30(44)45)20-18-35(16-14-33)29(42)43;1-14(2)11-21(4,5)20-10-16-8-6-7-9-17(16)18-12-22(15(3)23)13-19(18)20;11-10(12)3-6(4-13)15(5-10)9(17)7-1-2-8(16)14-7;2*1-2/h8-11,24H,2-7,12-21H2,1H3,(H,31,37)(H,32,38)(H,39,46)(H,40,41)(H,42,43)(H,44,45);6-10,14H,11-13H2,1-5H3;6-7H,1-3,5H2,(H,14,16);2*1-2H3. The molecule has 498 valence electrons. The molecule has 0 radical (unpaired) electrons. The third-order valence-corrected chi connectivity index (χ3v) is 16.1. The van der Waals surface area contributed by atoms with Crippen molar-refractivity contribution in [1.29, 1.82) is 5.26 Å². The molecule has 8 amide bonds. The van der Waals surface area contributed by atoms with E-state index in [1.165, 1.54) is 38.6 Å². The number of nitrogens with one attached hydrogen (secondary N) is 3. The molecular weight excluding hydrogens is 1180 g/mol. The number of thiol groups is 1. The van der Waals surface area contributed by atoms with Gasteiger partial charge in [0.1, 0.15) is 12.1 Å². The van der Waals surface area contributed by atoms with E-state index in [1.54, 1.807) is 17.9 Å². The maximum Gasteiger partial charge on any atom is 0.407 e. The summed E-state index contributed by atoms with van der Waals surface area (Å²) in [7, 11) is 0. The van der Waals surface area contributed by atoms with Crippen LogP contribution < -0.4 is 16.0 Å². The summed E-state index contributed by atoms with van der Waals surface area (Å²) in [5.74, 6) is -3.60. The molecule has 0 saturated carbocycles. The third-order valence-electron chi connectivity index (χ3n) is 15.8. The smallest absolute Gasteiger partial charge is 0.407 e. The van der Waals surface area contributed by atoms with Gasteiger partial charge < -0.3 is 55.8 Å². The van der Waals surface area contributed by atoms with Crippen LogP contribution in [0, 0.1) is 24.2 Å². The Labute approximate surface area is 534 Å². The maximum absolute atomic E-state index is 13.1. The Bertz CT molecular complexity index is 2910. The Balaban J connectivity index is 0.000000393. The molecule has 7 rings (SSSR count). The molecule has 22 nitrogen and oxygen atoms in total. The highest BCUT2D eigenvalue weighted by Crippen LogP contribution is 2.41. The van der Waals surface area contributed by atoms with Gasteiger partial charge in [0.05, 0.1) is 25.2 Å². The summed E-state index contributed by atoms with van der Waals surface area (Å²) in [4.78, 5) is 114. The van der Waals surface area contributed by atoms with Crippen molar-refractivity contribution in [3.05, 3.63) is 82.4 Å². The first-order valence-corrected chi connectivity index (χ1v) is 31.7. The van der Waals surface area contributed by atoms with Gasteiger partial charge in [-0.2, -0.15) is 5.26 Å². The number of rotatable bonds is 17. The maximum atomic E-state index is 13.1. The molecule has 4 aliphatic rings. The minimum absolute atomic E-state index is 0.0459. The molecule has 3 unspecified atom stereocenters. The number of likely N-dealkylation sites (tertiary alicyclic amines) is 1. The number of aryl methyl sites for hydroxylation is 2. The van der Waals surface area contributed by atoms with Crippen molar-refractivity contribution >= 4 is 76.3 Å². The molecule has 25 heteroatoms. The van der Waals surface area contributed by atoms with Crippen molar-refractivity contribution in [3.8, 4) is 6.07 Å². The first-order valence-electron chi connectivity index (χ1n) is 31.2. The molecule has 90 heavy (non-hydrogen) atoms. The van der Waals surface area contributed by atoms with Crippen molar-refractivity contribution in [2.45, 2.75) is 176 Å². The third kappa shape index (κ3) is 24.7. The van der Waals surface area contributed by atoms with E-state index in [-0.39, 0.29) is 88.5 Å². The van der Waals surface area contributed by atoms with Gasteiger partial charge in [0.2, 0.25) is 34.7 Å². The van der Waals surface area contributed by atoms with Gasteiger partial charge in [0, 0.05) is 98.2 Å². The molecule has 3 aromatic rings. The number of unbranched alkanes of at least 4 members (excludes halogenated alkanes) is 1. The quantitative estimate of drug-likeness (QED) is 0.0491. The average molecular weight is 1280 g/mol. The Morgan fingerprint density at radius 2 is 1.34 bits per heavy atom. The van der Waals surface area contributed by atoms with Crippen LogP contribution in [0.25, 0.3) is 10.8 Å². The van der Waals surface area contributed by atoms with Crippen molar-refractivity contribution in [2.75, 3.05) is 72.0 Å². The molecule has 0 spiro atoms. The summed E-state index contributed by atoms with van der Waals surface area (Å²) >= 11 is 3.91. The molecule has 3 saturated heterocycles. The molecule has 0 bridgehead atoms. The van der Waals surface area contributed by atoms with Crippen LogP contribution >= 0.6 is 12.6 Å². The van der Waals surface area contributed by atoms with Crippen LogP contribution in [-0.2, 0) is 53.7 Å². The van der Waals surface area contributed by atoms with Crippen LogP contribution in [0.1, 0.15) is 148 Å². The Kier molecular flexibility index (Phi) is 32.0. The SMILES string of the molecule is CC.CC.CC(=O)N1Cc2c(C(C)(C)CC(C)C)cc3ccccc3c2C1.Cc1ccc(CCCC(=O)NCCCCC(NC(=O)CN2CCN(C(=O)O)CCN(C(=O)O)CCN(C(=O)O)CC2)C(=O)S)cc1.N#CC1CC(F)(F)CN1C(=O)C1CCC(=O)N1. The second-order valence-corrected chi connectivity index (χ2v) is 24.0. The van der Waals surface area contributed by atoms with E-state index in [4.69, 9.17) is 5.26 Å². The van der Waals surface area contributed by atoms with Gasteiger partial charge in [0.25, 0.3) is 5.92 Å². The monoisotopic (exact) mass is 1280 g/mol. The van der Waals surface area contributed by atoms with Crippen molar-refractivity contribution in [3.63, 3.8) is 0 Å². The summed E-state index contributed by atoms with van der Waals surface area (Å²) in [5, 5.41) is 47.3. The van der Waals surface area contributed by atoms with Gasteiger partial charge in [-0.15, -0.1) is 12.6 Å². The number of benzene rings is 3. The molecule has 0 aromatic heterocycles. The van der Waals surface area contributed by atoms with Crippen LogP contribution in [0.3, 0.4) is 0 Å². The highest BCUT2D eigenvalue weighted by atomic mass is 32.1. The molecule has 3 fully saturated rings. The average Bonchev–Trinajstić information content (AvgIpc) is 1.51. The van der Waals surface area contributed by atoms with E-state index in [9.17, 15) is 67.3 Å². The van der Waals surface area contributed by atoms with Gasteiger partial charge in [0.15, 0.2) is 0 Å². The highest BCUT2D eigenvalue weighted by Gasteiger charge is 2.49. The number of alkyl halides is 2. The van der Waals surface area contributed by atoms with Crippen molar-refractivity contribution in [1.82, 2.24) is 45.3 Å². The number of carbonyl (C=O) groups is 9. The van der Waals surface area contributed by atoms with Gasteiger partial charge in [-0.05, 0) is 96.2 Å². The lowest BCUT2D eigenvalue weighted by Crippen LogP contribution is -2.51. The topological polar surface area (TPSA) is 294 Å². The number of nitriles is 1. The number of halogens is 2. The molecule has 3 aromatic carbocycles. The highest BCUT2D eigenvalue weighted by molar-refractivity contribution is 7.96. The molecule has 6 N–H and O–H groups in total. The number of fused-ring (bicyclic) bond motifs is 3. The Morgan fingerprint density at radius 1 is 0.789 bits per heavy atom. The van der Waals surface area contributed by atoms with Crippen molar-refractivity contribution < 1.29 is 67.3 Å². The predicted octanol–water partition coefficient (Wildman–Crippen LogP) is 8.90. The predicted molar refractivity (Wildman–Crippen MR) is 343 cm³/mol. The molecule has 3 atom stereocenters. The van der Waals surface area contributed by atoms with Crippen LogP contribution in [0.5, 0.6) is 0 Å². The number of amides is 8. The van der Waals surface area contributed by atoms with Gasteiger partial charge in [-0.3, -0.25) is 33.7 Å². The zero-order valence-corrected chi connectivity index (χ0v) is 55.0. The normalized spacial score (nSPS) is 17.7. The van der Waals surface area contributed by atoms with Gasteiger partial charge in [-0.1, -0.05) is 116 Å². The second-order valence-electron chi connectivity index (χ2n) is 23.5. The van der Waals surface area contributed by atoms with E-state index in [0.29, 0.717) is 44.6 Å². The molecule has 0 aliphatic carbocycles. The first-order chi connectivity index (χ1) is 42.6. The van der Waals surface area contributed by atoms with Crippen LogP contribution in [0.4, 0.5) is 23.2 Å². The summed E-state index contributed by atoms with van der Waals surface area (Å²) in [5.41, 5.74) is 6.64. The zero-order valence-electron chi connectivity index (χ0n) is 54.1. The Morgan fingerprint density at radius 3 is 1.86 bits per heavy atom. The Hall–Kier alpha value is -7.59. The minimum Gasteiger partial charge on any atom is -0.465 e. The molecule has 4 aliphatic heterocycles. The van der Waals surface area contributed by atoms with Crippen LogP contribution in [0.15, 0.2) is 54.6 Å². The lowest BCUT2D eigenvalue weighted by molar-refractivity contribution is -0.135. The van der Waals surface area contributed by atoms with E-state index in [0.717, 1.165) is 52.0 Å². The summed E-state index contributed by atoms with van der Waals surface area (Å²) in [6.45, 7) is 21.4. The fourth-order valence-electron chi connectivity index (χ4n) is 11.3. The molecular formula is C65H96F2N10O12S. The minimum atomic E-state index is -3.02. The first kappa shape index (κ1) is 76.7. The van der Waals surface area contributed by atoms with Gasteiger partial charge in [-0.25, -0.2) is 23.2 Å². The number of carbonyl (C=O) groups excluding carboxylic acids is 6. The number of nitrogens with zero attached hydrogens (tertiary/aromatic N) is 7. The fourth-order valence-corrected chi connectivity index (χ4v) is 11.5. The van der Waals surface area contributed by atoms with Crippen LogP contribution in [-0.4, -0.2) is 194 Å². The lowest BCUT2D eigenvalue weighted by Gasteiger charge is -2.32. The van der Waals surface area contributed by atoms with E-state index in [2.05, 4.69) is 98.7 Å². The summed E-state index contributed by atoms with van der Waals surface area (Å²) in [6.07, 6.45) is 0.661. The van der Waals surface area contributed by atoms with Crippen molar-refractivity contribution in [2.24, 2.45) is 5.92 Å². The van der Waals surface area contributed by atoms with E-state index < -0.39 is 72.2 Å². The zero-order chi connectivity index (χ0) is 67.5. The summed E-state index contributed by atoms with van der Waals surface area (Å²) in [6, 6.07) is 18.1. The van der Waals surface area contributed by atoms with E-state index in [1.807, 2.05) is 51.7 Å².